The third-order valence-electron chi connectivity index (χ3n) is 3.93. The summed E-state index contributed by atoms with van der Waals surface area (Å²) in [5.41, 5.74) is 0. The van der Waals surface area contributed by atoms with Crippen LogP contribution in [0.4, 0.5) is 0 Å². The van der Waals surface area contributed by atoms with Gasteiger partial charge in [0.1, 0.15) is 0 Å². The van der Waals surface area contributed by atoms with E-state index in [9.17, 15) is 18.0 Å². The normalized spacial score (nSPS) is 29.1. The lowest BCUT2D eigenvalue weighted by atomic mass is 9.96. The van der Waals surface area contributed by atoms with E-state index in [1.165, 1.54) is 0 Å². The molecule has 6 nitrogen and oxygen atoms in total. The van der Waals surface area contributed by atoms with Crippen molar-refractivity contribution in [3.63, 3.8) is 0 Å². The van der Waals surface area contributed by atoms with Crippen LogP contribution in [0.5, 0.6) is 0 Å². The third-order valence-corrected chi connectivity index (χ3v) is 5.70. The lowest BCUT2D eigenvalue weighted by Gasteiger charge is -2.33. The average Bonchev–Trinajstić information content (AvgIpc) is 2.79. The lowest BCUT2D eigenvalue weighted by molar-refractivity contribution is -0.151. The Kier molecular flexibility index (Phi) is 4.67. The zero-order valence-corrected chi connectivity index (χ0v) is 12.5. The number of rotatable bonds is 3. The maximum absolute atomic E-state index is 12.3. The van der Waals surface area contributed by atoms with Crippen molar-refractivity contribution in [1.29, 1.82) is 0 Å². The summed E-state index contributed by atoms with van der Waals surface area (Å²) in [6.45, 7) is 3.05. The second kappa shape index (κ2) is 6.11. The number of carbonyl (C=O) groups excluding carboxylic acids is 2. The highest BCUT2D eigenvalue weighted by Crippen LogP contribution is 2.24. The predicted molar refractivity (Wildman–Crippen MR) is 72.7 cm³/mol. The summed E-state index contributed by atoms with van der Waals surface area (Å²) >= 11 is 0. The molecule has 0 saturated carbocycles. The van der Waals surface area contributed by atoms with Crippen LogP contribution < -0.4 is 0 Å². The van der Waals surface area contributed by atoms with E-state index in [4.69, 9.17) is 4.74 Å². The topological polar surface area (TPSA) is 80.8 Å². The molecule has 0 aromatic rings. The van der Waals surface area contributed by atoms with Gasteiger partial charge in [0, 0.05) is 13.1 Å². The number of sulfone groups is 1. The van der Waals surface area contributed by atoms with Crippen LogP contribution in [0.2, 0.25) is 0 Å². The van der Waals surface area contributed by atoms with Crippen molar-refractivity contribution in [3.8, 4) is 0 Å². The van der Waals surface area contributed by atoms with Gasteiger partial charge in [-0.1, -0.05) is 0 Å². The first-order valence-corrected chi connectivity index (χ1v) is 8.91. The molecular formula is C13H21NO5S. The molecule has 2 aliphatic rings. The van der Waals surface area contributed by atoms with Crippen LogP contribution in [0.15, 0.2) is 0 Å². The number of esters is 1. The highest BCUT2D eigenvalue weighted by Gasteiger charge is 2.37. The summed E-state index contributed by atoms with van der Waals surface area (Å²) in [4.78, 5) is 25.7. The van der Waals surface area contributed by atoms with E-state index in [1.807, 2.05) is 0 Å². The molecule has 2 fully saturated rings. The Morgan fingerprint density at radius 1 is 1.25 bits per heavy atom. The minimum atomic E-state index is -3.06. The molecule has 0 radical (unpaired) electrons. The Balaban J connectivity index is 1.95. The quantitative estimate of drug-likeness (QED) is 0.697. The van der Waals surface area contributed by atoms with Gasteiger partial charge in [0.2, 0.25) is 5.91 Å². The number of amides is 1. The standard InChI is InChI=1S/C13H21NO5S/c1-2-19-13(16)10-4-3-6-14(8-10)12(15)11-5-7-20(17,18)9-11/h10-11H,2-9H2,1H3/t10-,11?/m0/s1. The van der Waals surface area contributed by atoms with Gasteiger partial charge in [0.05, 0.1) is 29.9 Å². The molecule has 2 aliphatic heterocycles. The van der Waals surface area contributed by atoms with Crippen LogP contribution >= 0.6 is 0 Å². The van der Waals surface area contributed by atoms with Gasteiger partial charge in [-0.2, -0.15) is 0 Å². The summed E-state index contributed by atoms with van der Waals surface area (Å²) in [6.07, 6.45) is 1.89. The highest BCUT2D eigenvalue weighted by atomic mass is 32.2. The second-order valence-corrected chi connectivity index (χ2v) is 7.70. The summed E-state index contributed by atoms with van der Waals surface area (Å²) < 4.78 is 27.9. The fourth-order valence-electron chi connectivity index (χ4n) is 2.88. The zero-order chi connectivity index (χ0) is 14.8. The highest BCUT2D eigenvalue weighted by molar-refractivity contribution is 7.91. The molecule has 7 heteroatoms. The molecule has 2 rings (SSSR count). The second-order valence-electron chi connectivity index (χ2n) is 5.48. The van der Waals surface area contributed by atoms with Crippen LogP contribution in [0, 0.1) is 11.8 Å². The smallest absolute Gasteiger partial charge is 0.310 e. The largest absolute Gasteiger partial charge is 0.466 e. The number of piperidine rings is 1. The monoisotopic (exact) mass is 303 g/mol. The van der Waals surface area contributed by atoms with E-state index < -0.39 is 15.8 Å². The summed E-state index contributed by atoms with van der Waals surface area (Å²) in [6, 6.07) is 0. The van der Waals surface area contributed by atoms with Crippen LogP contribution in [0.25, 0.3) is 0 Å². The summed E-state index contributed by atoms with van der Waals surface area (Å²) in [5, 5.41) is 0. The van der Waals surface area contributed by atoms with Crippen molar-refractivity contribution in [2.45, 2.75) is 26.2 Å². The Labute approximate surface area is 119 Å². The zero-order valence-electron chi connectivity index (χ0n) is 11.7. The van der Waals surface area contributed by atoms with Crippen molar-refractivity contribution in [2.24, 2.45) is 11.8 Å². The number of ether oxygens (including phenoxy) is 1. The fraction of sp³-hybridized carbons (Fsp3) is 0.846. The summed E-state index contributed by atoms with van der Waals surface area (Å²) in [7, 11) is -3.06. The lowest BCUT2D eigenvalue weighted by Crippen LogP contribution is -2.45. The van der Waals surface area contributed by atoms with Crippen molar-refractivity contribution in [3.05, 3.63) is 0 Å². The van der Waals surface area contributed by atoms with Gasteiger partial charge >= 0.3 is 5.97 Å². The van der Waals surface area contributed by atoms with Crippen molar-refractivity contribution >= 4 is 21.7 Å². The molecule has 2 saturated heterocycles. The molecule has 114 valence electrons. The van der Waals surface area contributed by atoms with Crippen molar-refractivity contribution in [1.82, 2.24) is 4.90 Å². The van der Waals surface area contributed by atoms with Crippen LogP contribution in [0.3, 0.4) is 0 Å². The van der Waals surface area contributed by atoms with Gasteiger partial charge in [-0.15, -0.1) is 0 Å². The third kappa shape index (κ3) is 3.50. The Morgan fingerprint density at radius 3 is 2.60 bits per heavy atom. The molecule has 0 aliphatic carbocycles. The molecule has 1 unspecified atom stereocenters. The molecule has 1 amide bonds. The maximum atomic E-state index is 12.3. The number of carbonyl (C=O) groups is 2. The van der Waals surface area contributed by atoms with Crippen molar-refractivity contribution < 1.29 is 22.7 Å². The van der Waals surface area contributed by atoms with Gasteiger partial charge in [0.15, 0.2) is 9.84 Å². The minimum absolute atomic E-state index is 0.0492. The van der Waals surface area contributed by atoms with Crippen LogP contribution in [-0.4, -0.2) is 56.4 Å². The van der Waals surface area contributed by atoms with E-state index in [0.717, 1.165) is 12.8 Å². The molecule has 0 N–H and O–H groups in total. The van der Waals surface area contributed by atoms with E-state index in [-0.39, 0.29) is 29.3 Å². The Bertz CT molecular complexity index is 487. The molecule has 2 heterocycles. The van der Waals surface area contributed by atoms with E-state index >= 15 is 0 Å². The number of hydrogen-bond donors (Lipinski definition) is 0. The molecule has 20 heavy (non-hydrogen) atoms. The maximum Gasteiger partial charge on any atom is 0.310 e. The molecule has 0 bridgehead atoms. The van der Waals surface area contributed by atoms with Gasteiger partial charge in [-0.3, -0.25) is 9.59 Å². The van der Waals surface area contributed by atoms with Gasteiger partial charge in [0.25, 0.3) is 0 Å². The van der Waals surface area contributed by atoms with Gasteiger partial charge in [-0.25, -0.2) is 8.42 Å². The molecule has 0 aromatic heterocycles. The number of likely N-dealkylation sites (tertiary alicyclic amines) is 1. The Morgan fingerprint density at radius 2 is 2.00 bits per heavy atom. The number of hydrogen-bond acceptors (Lipinski definition) is 5. The average molecular weight is 303 g/mol. The van der Waals surface area contributed by atoms with E-state index in [0.29, 0.717) is 26.1 Å². The van der Waals surface area contributed by atoms with Crippen LogP contribution in [-0.2, 0) is 24.2 Å². The Hall–Kier alpha value is -1.11. The molecule has 0 aromatic carbocycles. The molecule has 2 atom stereocenters. The summed E-state index contributed by atoms with van der Waals surface area (Å²) in [5.74, 6) is -1.04. The SMILES string of the molecule is CCOC(=O)[C@H]1CCCN(C(=O)C2CCS(=O)(=O)C2)C1. The first-order valence-electron chi connectivity index (χ1n) is 7.09. The molecular weight excluding hydrogens is 282 g/mol. The van der Waals surface area contributed by atoms with E-state index in [2.05, 4.69) is 0 Å². The number of nitrogens with zero attached hydrogens (tertiary/aromatic N) is 1. The van der Waals surface area contributed by atoms with Crippen molar-refractivity contribution in [2.75, 3.05) is 31.2 Å². The molecule has 0 spiro atoms. The predicted octanol–water partition coefficient (Wildman–Crippen LogP) is 0.223. The first-order chi connectivity index (χ1) is 9.43. The van der Waals surface area contributed by atoms with Gasteiger partial charge in [-0.05, 0) is 26.2 Å². The minimum Gasteiger partial charge on any atom is -0.466 e. The van der Waals surface area contributed by atoms with Gasteiger partial charge < -0.3 is 9.64 Å². The van der Waals surface area contributed by atoms with Crippen LogP contribution in [0.1, 0.15) is 26.2 Å². The first kappa shape index (κ1) is 15.3. The van der Waals surface area contributed by atoms with E-state index in [1.54, 1.807) is 11.8 Å². The fourth-order valence-corrected chi connectivity index (χ4v) is 4.61.